The summed E-state index contributed by atoms with van der Waals surface area (Å²) in [6.07, 6.45) is 1.08. The monoisotopic (exact) mass is 262 g/mol. The smallest absolute Gasteiger partial charge is 0.0352 e. The second-order valence-electron chi connectivity index (χ2n) is 6.86. The van der Waals surface area contributed by atoms with Crippen LogP contribution in [0.3, 0.4) is 0 Å². The Morgan fingerprint density at radius 2 is 1.58 bits per heavy atom. The van der Waals surface area contributed by atoms with Gasteiger partial charge in [-0.25, -0.2) is 0 Å². The molecule has 1 unspecified atom stereocenters. The summed E-state index contributed by atoms with van der Waals surface area (Å²) in [5, 5.41) is 0. The maximum Gasteiger partial charge on any atom is 0.0352 e. The fourth-order valence-electron chi connectivity index (χ4n) is 2.87. The van der Waals surface area contributed by atoms with E-state index in [1.54, 1.807) is 0 Å². The molecule has 1 aromatic carbocycles. The molecule has 0 bridgehead atoms. The number of rotatable bonds is 5. The van der Waals surface area contributed by atoms with Crippen molar-refractivity contribution in [3.05, 3.63) is 34.4 Å². The lowest BCUT2D eigenvalue weighted by Gasteiger charge is -2.34. The van der Waals surface area contributed by atoms with Gasteiger partial charge in [-0.2, -0.15) is 0 Å². The average molecular weight is 262 g/mol. The largest absolute Gasteiger partial charge is 0.330 e. The van der Waals surface area contributed by atoms with Crippen molar-refractivity contribution in [3.63, 3.8) is 0 Å². The van der Waals surface area contributed by atoms with E-state index in [0.717, 1.165) is 13.0 Å². The highest BCUT2D eigenvalue weighted by atomic mass is 15.1. The molecule has 0 radical (unpaired) electrons. The summed E-state index contributed by atoms with van der Waals surface area (Å²) in [6, 6.07) is 5.00. The van der Waals surface area contributed by atoms with Gasteiger partial charge in [0.25, 0.3) is 0 Å². The molecule has 0 fully saturated rings. The molecule has 1 aromatic rings. The lowest BCUT2D eigenvalue weighted by molar-refractivity contribution is 0.201. The number of nitrogens with zero attached hydrogens (tertiary/aromatic N) is 1. The van der Waals surface area contributed by atoms with Gasteiger partial charge in [0.1, 0.15) is 0 Å². The van der Waals surface area contributed by atoms with Crippen LogP contribution in [0, 0.1) is 26.2 Å². The van der Waals surface area contributed by atoms with E-state index < -0.39 is 0 Å². The Balaban J connectivity index is 3.21. The van der Waals surface area contributed by atoms with Gasteiger partial charge in [-0.3, -0.25) is 0 Å². The molecule has 1 rings (SSSR count). The van der Waals surface area contributed by atoms with Crippen LogP contribution in [0.15, 0.2) is 12.1 Å². The zero-order valence-corrected chi connectivity index (χ0v) is 13.7. The highest BCUT2D eigenvalue weighted by Crippen LogP contribution is 2.35. The van der Waals surface area contributed by atoms with Gasteiger partial charge in [0.05, 0.1) is 0 Å². The molecule has 0 spiro atoms. The lowest BCUT2D eigenvalue weighted by atomic mass is 9.80. The third kappa shape index (κ3) is 4.05. The van der Waals surface area contributed by atoms with E-state index in [1.807, 2.05) is 0 Å². The lowest BCUT2D eigenvalue weighted by Crippen LogP contribution is -2.31. The van der Waals surface area contributed by atoms with E-state index in [9.17, 15) is 0 Å². The van der Waals surface area contributed by atoms with Crippen LogP contribution in [0.2, 0.25) is 0 Å². The zero-order chi connectivity index (χ0) is 14.8. The van der Waals surface area contributed by atoms with E-state index in [2.05, 4.69) is 65.7 Å². The van der Waals surface area contributed by atoms with Crippen LogP contribution in [0.25, 0.3) is 0 Å². The van der Waals surface area contributed by atoms with Crippen LogP contribution in [-0.4, -0.2) is 25.5 Å². The van der Waals surface area contributed by atoms with Crippen molar-refractivity contribution in [1.82, 2.24) is 4.90 Å². The zero-order valence-electron chi connectivity index (χ0n) is 13.7. The first-order chi connectivity index (χ1) is 8.68. The second-order valence-corrected chi connectivity index (χ2v) is 6.86. The first-order valence-corrected chi connectivity index (χ1v) is 7.12. The fraction of sp³-hybridized carbons (Fsp3) is 0.647. The molecule has 0 amide bonds. The predicted molar refractivity (Wildman–Crippen MR) is 84.5 cm³/mol. The number of benzene rings is 1. The molecule has 2 heteroatoms. The molecule has 0 aliphatic carbocycles. The molecule has 0 saturated heterocycles. The van der Waals surface area contributed by atoms with Crippen LogP contribution in [-0.2, 0) is 0 Å². The summed E-state index contributed by atoms with van der Waals surface area (Å²) >= 11 is 0. The van der Waals surface area contributed by atoms with Crippen LogP contribution in [0.1, 0.15) is 48.6 Å². The maximum atomic E-state index is 5.91. The van der Waals surface area contributed by atoms with Crippen LogP contribution in [0.4, 0.5) is 0 Å². The fourth-order valence-corrected chi connectivity index (χ4v) is 2.87. The molecule has 0 heterocycles. The summed E-state index contributed by atoms with van der Waals surface area (Å²) < 4.78 is 0. The van der Waals surface area contributed by atoms with Crippen LogP contribution < -0.4 is 5.73 Å². The summed E-state index contributed by atoms with van der Waals surface area (Å²) in [4.78, 5) is 2.32. The van der Waals surface area contributed by atoms with E-state index in [0.29, 0.717) is 6.04 Å². The summed E-state index contributed by atoms with van der Waals surface area (Å²) in [5.74, 6) is 0. The van der Waals surface area contributed by atoms with Crippen molar-refractivity contribution in [2.45, 2.75) is 47.1 Å². The molecule has 2 N–H and O–H groups in total. The van der Waals surface area contributed by atoms with Crippen molar-refractivity contribution in [3.8, 4) is 0 Å². The predicted octanol–water partition coefficient (Wildman–Crippen LogP) is 3.59. The van der Waals surface area contributed by atoms with Gasteiger partial charge < -0.3 is 10.6 Å². The van der Waals surface area contributed by atoms with Crippen molar-refractivity contribution < 1.29 is 0 Å². The quantitative estimate of drug-likeness (QED) is 0.878. The summed E-state index contributed by atoms with van der Waals surface area (Å²) in [5.41, 5.74) is 11.7. The van der Waals surface area contributed by atoms with Gasteiger partial charge in [-0.05, 0) is 69.9 Å². The number of nitrogens with two attached hydrogens (primary N) is 1. The SMILES string of the molecule is Cc1cc(C)c(C(CC(C)(C)CN)N(C)C)c(C)c1. The minimum absolute atomic E-state index is 0.165. The van der Waals surface area contributed by atoms with Gasteiger partial charge in [0.2, 0.25) is 0 Å². The third-order valence-electron chi connectivity index (χ3n) is 3.99. The van der Waals surface area contributed by atoms with E-state index in [4.69, 9.17) is 5.73 Å². The van der Waals surface area contributed by atoms with E-state index >= 15 is 0 Å². The summed E-state index contributed by atoms with van der Waals surface area (Å²) in [6.45, 7) is 11.8. The maximum absolute atomic E-state index is 5.91. The van der Waals surface area contributed by atoms with E-state index in [1.165, 1.54) is 22.3 Å². The number of hydrogen-bond donors (Lipinski definition) is 1. The highest BCUT2D eigenvalue weighted by molar-refractivity contribution is 5.39. The first kappa shape index (κ1) is 16.2. The molecular formula is C17H30N2. The molecule has 0 aliphatic rings. The normalized spacial score (nSPS) is 13.9. The highest BCUT2D eigenvalue weighted by Gasteiger charge is 2.26. The summed E-state index contributed by atoms with van der Waals surface area (Å²) in [7, 11) is 4.33. The Labute approximate surface area is 119 Å². The Kier molecular flexibility index (Phi) is 5.17. The van der Waals surface area contributed by atoms with Crippen molar-refractivity contribution in [1.29, 1.82) is 0 Å². The van der Waals surface area contributed by atoms with Crippen molar-refractivity contribution in [2.24, 2.45) is 11.1 Å². The molecular weight excluding hydrogens is 232 g/mol. The van der Waals surface area contributed by atoms with Crippen LogP contribution in [0.5, 0.6) is 0 Å². The van der Waals surface area contributed by atoms with Gasteiger partial charge in [0, 0.05) is 6.04 Å². The van der Waals surface area contributed by atoms with E-state index in [-0.39, 0.29) is 5.41 Å². The van der Waals surface area contributed by atoms with Gasteiger partial charge in [-0.15, -0.1) is 0 Å². The van der Waals surface area contributed by atoms with Crippen molar-refractivity contribution >= 4 is 0 Å². The van der Waals surface area contributed by atoms with Gasteiger partial charge >= 0.3 is 0 Å². The number of aryl methyl sites for hydroxylation is 3. The van der Waals surface area contributed by atoms with Gasteiger partial charge in [0.15, 0.2) is 0 Å². The standard InChI is InChI=1S/C17H30N2/c1-12-8-13(2)16(14(3)9-12)15(19(6)7)10-17(4,5)11-18/h8-9,15H,10-11,18H2,1-7H3. The topological polar surface area (TPSA) is 29.3 Å². The Bertz CT molecular complexity index is 410. The molecule has 19 heavy (non-hydrogen) atoms. The second kappa shape index (κ2) is 6.06. The van der Waals surface area contributed by atoms with Gasteiger partial charge in [-0.1, -0.05) is 31.5 Å². The average Bonchev–Trinajstić information content (AvgIpc) is 2.26. The molecule has 0 saturated carbocycles. The minimum atomic E-state index is 0.165. The minimum Gasteiger partial charge on any atom is -0.330 e. The Morgan fingerprint density at radius 1 is 1.11 bits per heavy atom. The molecule has 2 nitrogen and oxygen atoms in total. The molecule has 1 atom stereocenters. The number of hydrogen-bond acceptors (Lipinski definition) is 2. The third-order valence-corrected chi connectivity index (χ3v) is 3.99. The molecule has 108 valence electrons. The first-order valence-electron chi connectivity index (χ1n) is 7.12. The molecule has 0 aliphatic heterocycles. The Hall–Kier alpha value is -0.860. The van der Waals surface area contributed by atoms with Crippen LogP contribution >= 0.6 is 0 Å². The van der Waals surface area contributed by atoms with Crippen molar-refractivity contribution in [2.75, 3.05) is 20.6 Å². The Morgan fingerprint density at radius 3 is 1.95 bits per heavy atom. The molecule has 0 aromatic heterocycles.